The van der Waals surface area contributed by atoms with Crippen molar-refractivity contribution in [1.29, 1.82) is 5.26 Å². The molecular formula is C15H20N2O2. The van der Waals surface area contributed by atoms with E-state index in [0.29, 0.717) is 26.1 Å². The molecule has 1 atom stereocenters. The quantitative estimate of drug-likeness (QED) is 0.752. The minimum atomic E-state index is -0.626. The van der Waals surface area contributed by atoms with Crippen LogP contribution in [0.5, 0.6) is 0 Å². The SMILES string of the molecule is CCN(CCOC)C(=O)C(C#N)Cc1ccccc1. The van der Waals surface area contributed by atoms with E-state index < -0.39 is 5.92 Å². The third-order valence-electron chi connectivity index (χ3n) is 3.00. The van der Waals surface area contributed by atoms with Gasteiger partial charge in [0, 0.05) is 20.2 Å². The maximum Gasteiger partial charge on any atom is 0.240 e. The molecule has 0 radical (unpaired) electrons. The maximum atomic E-state index is 12.3. The zero-order valence-corrected chi connectivity index (χ0v) is 11.5. The van der Waals surface area contributed by atoms with Crippen molar-refractivity contribution in [3.05, 3.63) is 35.9 Å². The van der Waals surface area contributed by atoms with Gasteiger partial charge in [-0.1, -0.05) is 30.3 Å². The largest absolute Gasteiger partial charge is 0.383 e. The van der Waals surface area contributed by atoms with Gasteiger partial charge in [-0.3, -0.25) is 4.79 Å². The van der Waals surface area contributed by atoms with Crippen LogP contribution in [0.4, 0.5) is 0 Å². The Kier molecular flexibility index (Phi) is 6.62. The average Bonchev–Trinajstić information content (AvgIpc) is 2.46. The van der Waals surface area contributed by atoms with E-state index in [1.165, 1.54) is 0 Å². The normalized spacial score (nSPS) is 11.6. The van der Waals surface area contributed by atoms with Crippen LogP contribution in [0.1, 0.15) is 12.5 Å². The zero-order valence-electron chi connectivity index (χ0n) is 11.5. The Balaban J connectivity index is 2.68. The molecule has 19 heavy (non-hydrogen) atoms. The second-order valence-corrected chi connectivity index (χ2v) is 4.28. The van der Waals surface area contributed by atoms with Gasteiger partial charge in [0.1, 0.15) is 5.92 Å². The molecule has 0 aliphatic carbocycles. The summed E-state index contributed by atoms with van der Waals surface area (Å²) in [6, 6.07) is 11.7. The molecule has 0 aliphatic heterocycles. The molecule has 102 valence electrons. The van der Waals surface area contributed by atoms with E-state index in [1.54, 1.807) is 12.0 Å². The number of likely N-dealkylation sites (N-methyl/N-ethyl adjacent to an activating group) is 1. The number of carbonyl (C=O) groups is 1. The van der Waals surface area contributed by atoms with E-state index >= 15 is 0 Å². The summed E-state index contributed by atoms with van der Waals surface area (Å²) in [5, 5.41) is 9.20. The van der Waals surface area contributed by atoms with Crippen molar-refractivity contribution >= 4 is 5.91 Å². The van der Waals surface area contributed by atoms with E-state index in [0.717, 1.165) is 5.56 Å². The summed E-state index contributed by atoms with van der Waals surface area (Å²) >= 11 is 0. The average molecular weight is 260 g/mol. The minimum absolute atomic E-state index is 0.120. The Morgan fingerprint density at radius 1 is 1.42 bits per heavy atom. The van der Waals surface area contributed by atoms with Crippen molar-refractivity contribution in [2.45, 2.75) is 13.3 Å². The van der Waals surface area contributed by atoms with Crippen molar-refractivity contribution in [2.75, 3.05) is 26.8 Å². The van der Waals surface area contributed by atoms with Crippen LogP contribution in [0.15, 0.2) is 30.3 Å². The number of benzene rings is 1. The van der Waals surface area contributed by atoms with E-state index in [2.05, 4.69) is 6.07 Å². The van der Waals surface area contributed by atoms with Crippen molar-refractivity contribution in [2.24, 2.45) is 5.92 Å². The fourth-order valence-corrected chi connectivity index (χ4v) is 1.88. The lowest BCUT2D eigenvalue weighted by Gasteiger charge is -2.23. The van der Waals surface area contributed by atoms with Gasteiger partial charge in [0.15, 0.2) is 0 Å². The van der Waals surface area contributed by atoms with Gasteiger partial charge >= 0.3 is 0 Å². The lowest BCUT2D eigenvalue weighted by molar-refractivity contribution is -0.134. The monoisotopic (exact) mass is 260 g/mol. The minimum Gasteiger partial charge on any atom is -0.383 e. The number of carbonyl (C=O) groups excluding carboxylic acids is 1. The van der Waals surface area contributed by atoms with Gasteiger partial charge in [0.05, 0.1) is 12.7 Å². The molecule has 4 nitrogen and oxygen atoms in total. The van der Waals surface area contributed by atoms with E-state index in [9.17, 15) is 10.1 Å². The van der Waals surface area contributed by atoms with Gasteiger partial charge < -0.3 is 9.64 Å². The summed E-state index contributed by atoms with van der Waals surface area (Å²) in [7, 11) is 1.60. The summed E-state index contributed by atoms with van der Waals surface area (Å²) in [4.78, 5) is 13.9. The molecule has 0 aromatic heterocycles. The molecule has 0 N–H and O–H groups in total. The molecule has 1 unspecified atom stereocenters. The smallest absolute Gasteiger partial charge is 0.240 e. The lowest BCUT2D eigenvalue weighted by atomic mass is 9.99. The first-order valence-electron chi connectivity index (χ1n) is 6.44. The Bertz CT molecular complexity index is 426. The predicted molar refractivity (Wildman–Crippen MR) is 73.4 cm³/mol. The highest BCUT2D eigenvalue weighted by molar-refractivity contribution is 5.81. The highest BCUT2D eigenvalue weighted by atomic mass is 16.5. The van der Waals surface area contributed by atoms with Crippen molar-refractivity contribution in [3.8, 4) is 6.07 Å². The first kappa shape index (κ1) is 15.2. The Labute approximate surface area is 114 Å². The number of hydrogen-bond acceptors (Lipinski definition) is 3. The fraction of sp³-hybridized carbons (Fsp3) is 0.467. The molecule has 4 heteroatoms. The third-order valence-corrected chi connectivity index (χ3v) is 3.00. The van der Waals surface area contributed by atoms with Gasteiger partial charge in [-0.15, -0.1) is 0 Å². The summed E-state index contributed by atoms with van der Waals surface area (Å²) in [5.41, 5.74) is 1.00. The molecule has 1 aromatic carbocycles. The van der Waals surface area contributed by atoms with Gasteiger partial charge in [-0.25, -0.2) is 0 Å². The Morgan fingerprint density at radius 3 is 2.63 bits per heavy atom. The van der Waals surface area contributed by atoms with Crippen LogP contribution in [-0.2, 0) is 16.0 Å². The highest BCUT2D eigenvalue weighted by Gasteiger charge is 2.23. The van der Waals surface area contributed by atoms with E-state index in [1.807, 2.05) is 37.3 Å². The third kappa shape index (κ3) is 4.72. The fourth-order valence-electron chi connectivity index (χ4n) is 1.88. The molecule has 0 bridgehead atoms. The first-order chi connectivity index (χ1) is 9.22. The van der Waals surface area contributed by atoms with Crippen LogP contribution >= 0.6 is 0 Å². The molecule has 0 spiro atoms. The maximum absolute atomic E-state index is 12.3. The predicted octanol–water partition coefficient (Wildman–Crippen LogP) is 1.86. The van der Waals surface area contributed by atoms with Crippen molar-refractivity contribution in [1.82, 2.24) is 4.90 Å². The van der Waals surface area contributed by atoms with Crippen LogP contribution in [0.25, 0.3) is 0 Å². The molecule has 0 saturated carbocycles. The number of methoxy groups -OCH3 is 1. The molecule has 0 heterocycles. The molecular weight excluding hydrogens is 240 g/mol. The first-order valence-corrected chi connectivity index (χ1v) is 6.44. The highest BCUT2D eigenvalue weighted by Crippen LogP contribution is 2.11. The number of hydrogen-bond donors (Lipinski definition) is 0. The summed E-state index contributed by atoms with van der Waals surface area (Å²) in [6.07, 6.45) is 0.458. The van der Waals surface area contributed by atoms with Crippen LogP contribution < -0.4 is 0 Å². The van der Waals surface area contributed by atoms with Crippen LogP contribution in [0.3, 0.4) is 0 Å². The number of ether oxygens (including phenoxy) is 1. The number of nitriles is 1. The topological polar surface area (TPSA) is 53.3 Å². The number of amides is 1. The lowest BCUT2D eigenvalue weighted by Crippen LogP contribution is -2.38. The summed E-state index contributed by atoms with van der Waals surface area (Å²) in [6.45, 7) is 3.52. The van der Waals surface area contributed by atoms with E-state index in [-0.39, 0.29) is 5.91 Å². The second-order valence-electron chi connectivity index (χ2n) is 4.28. The van der Waals surface area contributed by atoms with E-state index in [4.69, 9.17) is 4.74 Å². The number of nitrogens with zero attached hydrogens (tertiary/aromatic N) is 2. The van der Waals surface area contributed by atoms with Crippen LogP contribution in [0, 0.1) is 17.2 Å². The van der Waals surface area contributed by atoms with Crippen LogP contribution in [-0.4, -0.2) is 37.6 Å². The molecule has 1 aromatic rings. The number of rotatable bonds is 7. The molecule has 1 amide bonds. The molecule has 0 saturated heterocycles. The van der Waals surface area contributed by atoms with Gasteiger partial charge in [-0.2, -0.15) is 5.26 Å². The molecule has 1 rings (SSSR count). The summed E-state index contributed by atoms with van der Waals surface area (Å²) in [5.74, 6) is -0.745. The molecule has 0 aliphatic rings. The zero-order chi connectivity index (χ0) is 14.1. The second kappa shape index (κ2) is 8.28. The van der Waals surface area contributed by atoms with Gasteiger partial charge in [-0.05, 0) is 18.9 Å². The summed E-state index contributed by atoms with van der Waals surface area (Å²) < 4.78 is 4.98. The molecule has 0 fully saturated rings. The van der Waals surface area contributed by atoms with Crippen molar-refractivity contribution in [3.63, 3.8) is 0 Å². The van der Waals surface area contributed by atoms with Crippen LogP contribution in [0.2, 0.25) is 0 Å². The van der Waals surface area contributed by atoms with Gasteiger partial charge in [0.25, 0.3) is 0 Å². The standard InChI is InChI=1S/C15H20N2O2/c1-3-17(9-10-19-2)15(18)14(12-16)11-13-7-5-4-6-8-13/h4-8,14H,3,9-11H2,1-2H3. The van der Waals surface area contributed by atoms with Gasteiger partial charge in [0.2, 0.25) is 5.91 Å². The Morgan fingerprint density at radius 2 is 2.11 bits per heavy atom. The Hall–Kier alpha value is -1.86. The van der Waals surface area contributed by atoms with Crippen molar-refractivity contribution < 1.29 is 9.53 Å².